The zero-order valence-corrected chi connectivity index (χ0v) is 11.1. The smallest absolute Gasteiger partial charge is 0.311 e. The summed E-state index contributed by atoms with van der Waals surface area (Å²) < 4.78 is 7.25. The molecular formula is C14H12N4O3. The van der Waals surface area contributed by atoms with Gasteiger partial charge in [-0.25, -0.2) is 4.68 Å². The first-order valence-electron chi connectivity index (χ1n) is 6.66. The number of carbonyl (C=O) groups is 1. The zero-order chi connectivity index (χ0) is 14.4. The summed E-state index contributed by atoms with van der Waals surface area (Å²) in [5, 5.41) is 21.8. The molecule has 1 aromatic carbocycles. The molecule has 1 N–H and O–H groups in total. The van der Waals surface area contributed by atoms with Crippen LogP contribution in [0.5, 0.6) is 0 Å². The van der Waals surface area contributed by atoms with Crippen LogP contribution in [0.2, 0.25) is 0 Å². The highest BCUT2D eigenvalue weighted by Crippen LogP contribution is 2.47. The molecule has 1 saturated carbocycles. The van der Waals surface area contributed by atoms with Gasteiger partial charge in [-0.05, 0) is 35.4 Å². The third-order valence-electron chi connectivity index (χ3n) is 3.94. The Labute approximate surface area is 119 Å². The predicted molar refractivity (Wildman–Crippen MR) is 72.3 cm³/mol. The van der Waals surface area contributed by atoms with Gasteiger partial charge in [0.05, 0.1) is 12.0 Å². The molecule has 106 valence electrons. The van der Waals surface area contributed by atoms with Crippen LogP contribution < -0.4 is 0 Å². The largest absolute Gasteiger partial charge is 0.481 e. The summed E-state index contributed by atoms with van der Waals surface area (Å²) in [6, 6.07) is 9.48. The SMILES string of the molecule is O=C(O)C1(Cn2nnnc2-c2cc3ccccc3o2)CC1. The Bertz CT molecular complexity index is 798. The van der Waals surface area contributed by atoms with Crippen molar-refractivity contribution in [2.24, 2.45) is 5.41 Å². The lowest BCUT2D eigenvalue weighted by molar-refractivity contribution is -0.144. The highest BCUT2D eigenvalue weighted by molar-refractivity contribution is 5.81. The number of tetrazole rings is 1. The van der Waals surface area contributed by atoms with Gasteiger partial charge in [-0.1, -0.05) is 18.2 Å². The quantitative estimate of drug-likeness (QED) is 0.787. The third-order valence-corrected chi connectivity index (χ3v) is 3.94. The zero-order valence-electron chi connectivity index (χ0n) is 11.1. The fourth-order valence-corrected chi connectivity index (χ4v) is 2.46. The summed E-state index contributed by atoms with van der Waals surface area (Å²) in [5.41, 5.74) is 0.0253. The summed E-state index contributed by atoms with van der Waals surface area (Å²) in [6.45, 7) is 0.266. The fourth-order valence-electron chi connectivity index (χ4n) is 2.46. The van der Waals surface area contributed by atoms with Crippen molar-refractivity contribution < 1.29 is 14.3 Å². The van der Waals surface area contributed by atoms with E-state index < -0.39 is 11.4 Å². The van der Waals surface area contributed by atoms with E-state index in [1.54, 1.807) is 0 Å². The van der Waals surface area contributed by atoms with Gasteiger partial charge in [-0.3, -0.25) is 4.79 Å². The third kappa shape index (κ3) is 1.89. The number of para-hydroxylation sites is 1. The van der Waals surface area contributed by atoms with Crippen molar-refractivity contribution in [3.8, 4) is 11.6 Å². The van der Waals surface area contributed by atoms with Crippen molar-refractivity contribution in [1.82, 2.24) is 20.2 Å². The summed E-state index contributed by atoms with van der Waals surface area (Å²) in [5.74, 6) is 0.203. The second kappa shape index (κ2) is 4.15. The van der Waals surface area contributed by atoms with Crippen molar-refractivity contribution in [3.05, 3.63) is 30.3 Å². The first-order valence-corrected chi connectivity index (χ1v) is 6.66. The van der Waals surface area contributed by atoms with Crippen LogP contribution in [0.1, 0.15) is 12.8 Å². The van der Waals surface area contributed by atoms with Crippen LogP contribution in [0.25, 0.3) is 22.6 Å². The second-order valence-corrected chi connectivity index (χ2v) is 5.39. The topological polar surface area (TPSA) is 94.0 Å². The maximum absolute atomic E-state index is 11.3. The summed E-state index contributed by atoms with van der Waals surface area (Å²) in [7, 11) is 0. The number of furan rings is 1. The fraction of sp³-hybridized carbons (Fsp3) is 0.286. The molecule has 1 aliphatic rings. The molecule has 0 amide bonds. The van der Waals surface area contributed by atoms with Gasteiger partial charge < -0.3 is 9.52 Å². The summed E-state index contributed by atoms with van der Waals surface area (Å²) in [4.78, 5) is 11.3. The maximum Gasteiger partial charge on any atom is 0.311 e. The van der Waals surface area contributed by atoms with Crippen molar-refractivity contribution >= 4 is 16.9 Å². The molecule has 0 atom stereocenters. The van der Waals surface area contributed by atoms with Crippen molar-refractivity contribution in [3.63, 3.8) is 0 Å². The Morgan fingerprint density at radius 3 is 2.90 bits per heavy atom. The van der Waals surface area contributed by atoms with E-state index in [1.165, 1.54) is 4.68 Å². The van der Waals surface area contributed by atoms with E-state index in [9.17, 15) is 9.90 Å². The molecule has 1 aliphatic carbocycles. The van der Waals surface area contributed by atoms with E-state index in [-0.39, 0.29) is 6.54 Å². The molecule has 0 aliphatic heterocycles. The van der Waals surface area contributed by atoms with E-state index in [0.717, 1.165) is 11.0 Å². The van der Waals surface area contributed by atoms with Crippen LogP contribution in [0.4, 0.5) is 0 Å². The van der Waals surface area contributed by atoms with Gasteiger partial charge in [0, 0.05) is 5.39 Å². The summed E-state index contributed by atoms with van der Waals surface area (Å²) >= 11 is 0. The number of hydrogen-bond acceptors (Lipinski definition) is 5. The standard InChI is InChI=1S/C14H12N4O3/c19-13(20)14(5-6-14)8-18-12(15-16-17-18)11-7-9-3-1-2-4-10(9)21-11/h1-4,7H,5-6,8H2,(H,19,20). The Balaban J connectivity index is 1.73. The van der Waals surface area contributed by atoms with Crippen LogP contribution in [0, 0.1) is 5.41 Å². The van der Waals surface area contributed by atoms with Crippen LogP contribution in [-0.4, -0.2) is 31.3 Å². The monoisotopic (exact) mass is 284 g/mol. The number of carboxylic acid groups (broad SMARTS) is 1. The molecule has 2 heterocycles. The highest BCUT2D eigenvalue weighted by Gasteiger charge is 2.51. The van der Waals surface area contributed by atoms with Gasteiger partial charge in [-0.15, -0.1) is 5.10 Å². The number of nitrogens with zero attached hydrogens (tertiary/aromatic N) is 4. The molecule has 21 heavy (non-hydrogen) atoms. The molecule has 0 unspecified atom stereocenters. The number of fused-ring (bicyclic) bond motifs is 1. The lowest BCUT2D eigenvalue weighted by atomic mass is 10.1. The summed E-state index contributed by atoms with van der Waals surface area (Å²) in [6.07, 6.45) is 1.31. The lowest BCUT2D eigenvalue weighted by Gasteiger charge is -2.09. The first-order chi connectivity index (χ1) is 10.2. The minimum atomic E-state index is -0.798. The Morgan fingerprint density at radius 2 is 2.19 bits per heavy atom. The minimum Gasteiger partial charge on any atom is -0.481 e. The Kier molecular flexibility index (Phi) is 2.38. The number of benzene rings is 1. The average molecular weight is 284 g/mol. The Morgan fingerprint density at radius 1 is 1.38 bits per heavy atom. The molecule has 0 spiro atoms. The molecule has 0 radical (unpaired) electrons. The van der Waals surface area contributed by atoms with Crippen LogP contribution in [-0.2, 0) is 11.3 Å². The molecular weight excluding hydrogens is 272 g/mol. The Hall–Kier alpha value is -2.70. The molecule has 0 saturated heterocycles. The number of carboxylic acids is 1. The molecule has 0 bridgehead atoms. The van der Waals surface area contributed by atoms with Gasteiger partial charge in [0.2, 0.25) is 5.82 Å². The van der Waals surface area contributed by atoms with Crippen molar-refractivity contribution in [1.29, 1.82) is 0 Å². The minimum absolute atomic E-state index is 0.266. The number of aromatic nitrogens is 4. The molecule has 7 nitrogen and oxygen atoms in total. The van der Waals surface area contributed by atoms with E-state index in [2.05, 4.69) is 15.5 Å². The number of hydrogen-bond donors (Lipinski definition) is 1. The highest BCUT2D eigenvalue weighted by atomic mass is 16.4. The molecule has 1 fully saturated rings. The van der Waals surface area contributed by atoms with Crippen molar-refractivity contribution in [2.45, 2.75) is 19.4 Å². The van der Waals surface area contributed by atoms with E-state index in [0.29, 0.717) is 24.4 Å². The van der Waals surface area contributed by atoms with Crippen molar-refractivity contribution in [2.75, 3.05) is 0 Å². The number of rotatable bonds is 4. The van der Waals surface area contributed by atoms with Crippen LogP contribution in [0.15, 0.2) is 34.7 Å². The molecule has 7 heteroatoms. The average Bonchev–Trinajstić information content (AvgIpc) is 2.94. The van der Waals surface area contributed by atoms with E-state index in [4.69, 9.17) is 4.42 Å². The molecule has 3 aromatic rings. The predicted octanol–water partition coefficient (Wildman–Crippen LogP) is 1.95. The van der Waals surface area contributed by atoms with Gasteiger partial charge >= 0.3 is 5.97 Å². The van der Waals surface area contributed by atoms with Gasteiger partial charge in [0.1, 0.15) is 5.58 Å². The second-order valence-electron chi connectivity index (χ2n) is 5.39. The molecule has 2 aromatic heterocycles. The number of aliphatic carboxylic acids is 1. The normalized spacial score (nSPS) is 16.2. The molecule has 4 rings (SSSR count). The maximum atomic E-state index is 11.3. The van der Waals surface area contributed by atoms with E-state index in [1.807, 2.05) is 30.3 Å². The first kappa shape index (κ1) is 12.1. The van der Waals surface area contributed by atoms with Crippen LogP contribution >= 0.6 is 0 Å². The van der Waals surface area contributed by atoms with Gasteiger partial charge in [0.15, 0.2) is 5.76 Å². The van der Waals surface area contributed by atoms with Gasteiger partial charge in [0.25, 0.3) is 0 Å². The van der Waals surface area contributed by atoms with E-state index >= 15 is 0 Å². The van der Waals surface area contributed by atoms with Crippen LogP contribution in [0.3, 0.4) is 0 Å². The lowest BCUT2D eigenvalue weighted by Crippen LogP contribution is -2.22. The van der Waals surface area contributed by atoms with Gasteiger partial charge in [-0.2, -0.15) is 0 Å².